The Morgan fingerprint density at radius 1 is 1.04 bits per heavy atom. The molecule has 0 spiro atoms. The molecule has 0 radical (unpaired) electrons. The second-order valence-corrected chi connectivity index (χ2v) is 6.44. The molecule has 0 saturated heterocycles. The summed E-state index contributed by atoms with van der Waals surface area (Å²) in [5, 5.41) is 0. The second kappa shape index (κ2) is 15.2. The first-order valence-corrected chi connectivity index (χ1v) is 9.65. The molecule has 0 aliphatic heterocycles. The summed E-state index contributed by atoms with van der Waals surface area (Å²) >= 11 is 0. The monoisotopic (exact) mass is 339 g/mol. The number of rotatable bonds is 15. The van der Waals surface area contributed by atoms with Crippen LogP contribution in [0.5, 0.6) is 0 Å². The number of carbonyl (C=O) groups excluding carboxylic acids is 2. The molecule has 4 nitrogen and oxygen atoms in total. The smallest absolute Gasteiger partial charge is 0.307 e. The van der Waals surface area contributed by atoms with Gasteiger partial charge in [-0.25, -0.2) is 0 Å². The van der Waals surface area contributed by atoms with Crippen molar-refractivity contribution in [1.29, 1.82) is 0 Å². The SMILES string of the molecule is C=CC(=O)N(CCCCCC)CCC(=O)OCC(CC)CCCC. The number of amides is 1. The van der Waals surface area contributed by atoms with Crippen LogP contribution in [0.2, 0.25) is 0 Å². The molecule has 0 saturated carbocycles. The minimum absolute atomic E-state index is 0.103. The number of ether oxygens (including phenoxy) is 1. The fraction of sp³-hybridized carbons (Fsp3) is 0.800. The van der Waals surface area contributed by atoms with Gasteiger partial charge in [0, 0.05) is 13.1 Å². The Morgan fingerprint density at radius 3 is 2.33 bits per heavy atom. The van der Waals surface area contributed by atoms with Crippen molar-refractivity contribution in [2.45, 2.75) is 78.6 Å². The summed E-state index contributed by atoms with van der Waals surface area (Å²) < 4.78 is 5.40. The summed E-state index contributed by atoms with van der Waals surface area (Å²) in [5.74, 6) is 0.142. The van der Waals surface area contributed by atoms with Gasteiger partial charge in [0.2, 0.25) is 5.91 Å². The third-order valence-corrected chi connectivity index (χ3v) is 4.38. The van der Waals surface area contributed by atoms with Crippen molar-refractivity contribution >= 4 is 11.9 Å². The Morgan fingerprint density at radius 2 is 1.75 bits per heavy atom. The Bertz CT molecular complexity index is 355. The molecule has 0 aromatic rings. The Hall–Kier alpha value is -1.32. The molecule has 0 N–H and O–H groups in total. The highest BCUT2D eigenvalue weighted by Crippen LogP contribution is 2.13. The molecule has 0 aromatic heterocycles. The van der Waals surface area contributed by atoms with Crippen LogP contribution in [-0.2, 0) is 14.3 Å². The summed E-state index contributed by atoms with van der Waals surface area (Å²) in [6, 6.07) is 0. The van der Waals surface area contributed by atoms with E-state index in [0.717, 1.165) is 25.7 Å². The van der Waals surface area contributed by atoms with E-state index in [1.807, 2.05) is 0 Å². The van der Waals surface area contributed by atoms with Crippen molar-refractivity contribution < 1.29 is 14.3 Å². The maximum absolute atomic E-state index is 11.9. The normalized spacial score (nSPS) is 11.8. The van der Waals surface area contributed by atoms with Gasteiger partial charge in [-0.05, 0) is 24.8 Å². The molecule has 1 amide bonds. The maximum atomic E-state index is 11.9. The van der Waals surface area contributed by atoms with Crippen LogP contribution in [0, 0.1) is 5.92 Å². The van der Waals surface area contributed by atoms with Crippen LogP contribution in [0.4, 0.5) is 0 Å². The average molecular weight is 340 g/mol. The highest BCUT2D eigenvalue weighted by molar-refractivity contribution is 5.87. The first-order valence-electron chi connectivity index (χ1n) is 9.65. The standard InChI is InChI=1S/C20H37NO3/c1-5-9-11-12-15-21(19(22)8-4)16-14-20(23)24-17-18(7-3)13-10-6-2/h8,18H,4-7,9-17H2,1-3H3. The summed E-state index contributed by atoms with van der Waals surface area (Å²) in [4.78, 5) is 25.5. The lowest BCUT2D eigenvalue weighted by atomic mass is 10.0. The molecular weight excluding hydrogens is 302 g/mol. The van der Waals surface area contributed by atoms with Gasteiger partial charge in [0.15, 0.2) is 0 Å². The lowest BCUT2D eigenvalue weighted by Gasteiger charge is -2.21. The Kier molecular flexibility index (Phi) is 14.4. The molecule has 24 heavy (non-hydrogen) atoms. The van der Waals surface area contributed by atoms with Gasteiger partial charge in [-0.2, -0.15) is 0 Å². The molecule has 0 aliphatic rings. The van der Waals surface area contributed by atoms with Crippen molar-refractivity contribution in [1.82, 2.24) is 4.90 Å². The molecular formula is C20H37NO3. The molecule has 0 aliphatic carbocycles. The molecule has 0 aromatic carbocycles. The van der Waals surface area contributed by atoms with Crippen molar-refractivity contribution in [2.75, 3.05) is 19.7 Å². The van der Waals surface area contributed by atoms with Crippen LogP contribution >= 0.6 is 0 Å². The first-order chi connectivity index (χ1) is 11.6. The molecule has 1 unspecified atom stereocenters. The van der Waals surface area contributed by atoms with E-state index in [0.29, 0.717) is 25.6 Å². The summed E-state index contributed by atoms with van der Waals surface area (Å²) in [5.41, 5.74) is 0. The van der Waals surface area contributed by atoms with Crippen LogP contribution < -0.4 is 0 Å². The maximum Gasteiger partial charge on any atom is 0.307 e. The van der Waals surface area contributed by atoms with Crippen LogP contribution in [-0.4, -0.2) is 36.5 Å². The van der Waals surface area contributed by atoms with Gasteiger partial charge in [0.1, 0.15) is 0 Å². The number of unbranched alkanes of at least 4 members (excludes halogenated alkanes) is 4. The zero-order chi connectivity index (χ0) is 18.2. The number of hydrogen-bond donors (Lipinski definition) is 0. The van der Waals surface area contributed by atoms with Gasteiger partial charge in [-0.1, -0.05) is 65.9 Å². The van der Waals surface area contributed by atoms with E-state index in [1.54, 1.807) is 4.90 Å². The molecule has 0 fully saturated rings. The largest absolute Gasteiger partial charge is 0.465 e. The summed E-state index contributed by atoms with van der Waals surface area (Å²) in [7, 11) is 0. The van der Waals surface area contributed by atoms with E-state index in [2.05, 4.69) is 27.4 Å². The van der Waals surface area contributed by atoms with E-state index < -0.39 is 0 Å². The summed E-state index contributed by atoms with van der Waals surface area (Å²) in [6.07, 6.45) is 10.5. The Balaban J connectivity index is 4.14. The number of nitrogens with zero attached hydrogens (tertiary/aromatic N) is 1. The van der Waals surface area contributed by atoms with E-state index >= 15 is 0 Å². The molecule has 140 valence electrons. The van der Waals surface area contributed by atoms with Crippen LogP contribution in [0.25, 0.3) is 0 Å². The Labute approximate surface area is 148 Å². The highest BCUT2D eigenvalue weighted by Gasteiger charge is 2.14. The predicted octanol–water partition coefficient (Wildman–Crippen LogP) is 4.73. The van der Waals surface area contributed by atoms with Crippen molar-refractivity contribution in [2.24, 2.45) is 5.92 Å². The fourth-order valence-electron chi connectivity index (χ4n) is 2.60. The second-order valence-electron chi connectivity index (χ2n) is 6.44. The third-order valence-electron chi connectivity index (χ3n) is 4.38. The van der Waals surface area contributed by atoms with Crippen molar-refractivity contribution in [3.8, 4) is 0 Å². The van der Waals surface area contributed by atoms with Crippen molar-refractivity contribution in [3.05, 3.63) is 12.7 Å². The quantitative estimate of drug-likeness (QED) is 0.246. The molecule has 4 heteroatoms. The van der Waals surface area contributed by atoms with Gasteiger partial charge in [-0.3, -0.25) is 9.59 Å². The summed E-state index contributed by atoms with van der Waals surface area (Å²) in [6.45, 7) is 11.6. The lowest BCUT2D eigenvalue weighted by molar-refractivity contribution is -0.145. The minimum atomic E-state index is -0.208. The van der Waals surface area contributed by atoms with Gasteiger partial charge in [0.25, 0.3) is 0 Å². The number of hydrogen-bond acceptors (Lipinski definition) is 3. The van der Waals surface area contributed by atoms with Crippen LogP contribution in [0.1, 0.15) is 78.6 Å². The predicted molar refractivity (Wildman–Crippen MR) is 99.8 cm³/mol. The molecule has 0 heterocycles. The zero-order valence-electron chi connectivity index (χ0n) is 16.0. The third kappa shape index (κ3) is 11.3. The van der Waals surface area contributed by atoms with Gasteiger partial charge in [0.05, 0.1) is 13.0 Å². The van der Waals surface area contributed by atoms with E-state index in [-0.39, 0.29) is 18.3 Å². The molecule has 0 bridgehead atoms. The van der Waals surface area contributed by atoms with Crippen molar-refractivity contribution in [3.63, 3.8) is 0 Å². The number of carbonyl (C=O) groups is 2. The topological polar surface area (TPSA) is 46.6 Å². The zero-order valence-corrected chi connectivity index (χ0v) is 16.0. The van der Waals surface area contributed by atoms with Gasteiger partial charge < -0.3 is 9.64 Å². The lowest BCUT2D eigenvalue weighted by Crippen LogP contribution is -2.33. The van der Waals surface area contributed by atoms with E-state index in [4.69, 9.17) is 4.74 Å². The van der Waals surface area contributed by atoms with Crippen LogP contribution in [0.3, 0.4) is 0 Å². The highest BCUT2D eigenvalue weighted by atomic mass is 16.5. The van der Waals surface area contributed by atoms with E-state index in [1.165, 1.54) is 31.8 Å². The van der Waals surface area contributed by atoms with Crippen LogP contribution in [0.15, 0.2) is 12.7 Å². The molecule has 0 rings (SSSR count). The van der Waals surface area contributed by atoms with Gasteiger partial charge >= 0.3 is 5.97 Å². The first kappa shape index (κ1) is 22.7. The fourth-order valence-corrected chi connectivity index (χ4v) is 2.60. The minimum Gasteiger partial charge on any atom is -0.465 e. The number of esters is 1. The van der Waals surface area contributed by atoms with E-state index in [9.17, 15) is 9.59 Å². The molecule has 1 atom stereocenters. The average Bonchev–Trinajstić information content (AvgIpc) is 2.60. The van der Waals surface area contributed by atoms with Gasteiger partial charge in [-0.15, -0.1) is 0 Å².